The Morgan fingerprint density at radius 2 is 1.50 bits per heavy atom. The van der Waals surface area contributed by atoms with E-state index >= 15 is 0 Å². The van der Waals surface area contributed by atoms with Gasteiger partial charge in [-0.2, -0.15) is 0 Å². The summed E-state index contributed by atoms with van der Waals surface area (Å²) in [6.45, 7) is 17.9. The van der Waals surface area contributed by atoms with Gasteiger partial charge in [-0.25, -0.2) is 0 Å². The molecule has 3 unspecified atom stereocenters. The largest absolute Gasteiger partial charge is 0.463 e. The van der Waals surface area contributed by atoms with Gasteiger partial charge < -0.3 is 28.4 Å². The Kier molecular flexibility index (Phi) is 11.4. The number of hydrogen-bond acceptors (Lipinski definition) is 9. The highest BCUT2D eigenvalue weighted by atomic mass is 16.8. The van der Waals surface area contributed by atoms with Crippen molar-refractivity contribution < 1.29 is 42.8 Å². The van der Waals surface area contributed by atoms with Crippen molar-refractivity contribution in [3.63, 3.8) is 0 Å². The predicted octanol–water partition coefficient (Wildman–Crippen LogP) is 4.01. The molecule has 2 fully saturated rings. The molecule has 0 amide bonds. The number of carbonyl (C=O) groups is 3. The maximum absolute atomic E-state index is 11.8. The Bertz CT molecular complexity index is 696. The van der Waals surface area contributed by atoms with E-state index in [0.717, 1.165) is 0 Å². The number of rotatable bonds is 8. The van der Waals surface area contributed by atoms with Crippen molar-refractivity contribution in [3.05, 3.63) is 0 Å². The van der Waals surface area contributed by atoms with Gasteiger partial charge in [-0.15, -0.1) is 0 Å². The van der Waals surface area contributed by atoms with E-state index in [4.69, 9.17) is 28.4 Å². The molecule has 0 aromatic carbocycles. The van der Waals surface area contributed by atoms with Crippen LogP contribution in [0.1, 0.15) is 82.1 Å². The third kappa shape index (κ3) is 7.65. The van der Waals surface area contributed by atoms with Crippen molar-refractivity contribution in [2.24, 2.45) is 17.8 Å². The van der Waals surface area contributed by atoms with E-state index < -0.39 is 35.7 Å². The van der Waals surface area contributed by atoms with Crippen LogP contribution >= 0.6 is 0 Å². The predicted molar refractivity (Wildman–Crippen MR) is 125 cm³/mol. The van der Waals surface area contributed by atoms with E-state index in [1.54, 1.807) is 6.92 Å². The van der Waals surface area contributed by atoms with Gasteiger partial charge in [0.15, 0.2) is 6.29 Å². The summed E-state index contributed by atoms with van der Waals surface area (Å²) in [5, 5.41) is 0. The molecule has 9 heteroatoms. The summed E-state index contributed by atoms with van der Waals surface area (Å²) in [5.41, 5.74) is -0.950. The lowest BCUT2D eigenvalue weighted by Gasteiger charge is -2.45. The molecule has 0 aromatic rings. The molecular formula is C25H44O9. The number of esters is 3. The van der Waals surface area contributed by atoms with Crippen molar-refractivity contribution in [3.8, 4) is 0 Å². The van der Waals surface area contributed by atoms with E-state index in [1.807, 2.05) is 27.7 Å². The van der Waals surface area contributed by atoms with Crippen LogP contribution in [0.4, 0.5) is 0 Å². The molecule has 0 spiro atoms. The molecule has 2 aliphatic heterocycles. The van der Waals surface area contributed by atoms with Gasteiger partial charge in [-0.05, 0) is 25.2 Å². The minimum atomic E-state index is -1.35. The minimum Gasteiger partial charge on any atom is -0.463 e. The van der Waals surface area contributed by atoms with Crippen LogP contribution in [0, 0.1) is 17.8 Å². The van der Waals surface area contributed by atoms with Gasteiger partial charge in [0.05, 0.1) is 6.10 Å². The monoisotopic (exact) mass is 488 g/mol. The third-order valence-electron chi connectivity index (χ3n) is 6.67. The van der Waals surface area contributed by atoms with Gasteiger partial charge in [0, 0.05) is 33.1 Å². The van der Waals surface area contributed by atoms with Crippen LogP contribution in [0.2, 0.25) is 0 Å². The number of carbonyl (C=O) groups excluding carboxylic acids is 3. The third-order valence-corrected chi connectivity index (χ3v) is 6.67. The van der Waals surface area contributed by atoms with Crippen molar-refractivity contribution in [2.45, 2.75) is 112 Å². The van der Waals surface area contributed by atoms with Crippen LogP contribution in [0.15, 0.2) is 0 Å². The highest BCUT2D eigenvalue weighted by Crippen LogP contribution is 2.46. The molecule has 2 aliphatic rings. The van der Waals surface area contributed by atoms with E-state index in [9.17, 15) is 14.4 Å². The highest BCUT2D eigenvalue weighted by Gasteiger charge is 2.58. The number of hydrogen-bond donors (Lipinski definition) is 0. The molecule has 2 saturated heterocycles. The molecule has 0 radical (unpaired) electrons. The molecule has 0 N–H and O–H groups in total. The van der Waals surface area contributed by atoms with E-state index in [0.29, 0.717) is 6.42 Å². The minimum absolute atomic E-state index is 0.0166. The van der Waals surface area contributed by atoms with Crippen molar-refractivity contribution >= 4 is 17.9 Å². The second-order valence-corrected chi connectivity index (χ2v) is 9.33. The Morgan fingerprint density at radius 3 is 2.00 bits per heavy atom. The second kappa shape index (κ2) is 12.8. The fraction of sp³-hybridized carbons (Fsp3) is 0.880. The normalized spacial score (nSPS) is 37.2. The van der Waals surface area contributed by atoms with E-state index in [-0.39, 0.29) is 49.5 Å². The maximum Gasteiger partial charge on any atom is 0.303 e. The molecule has 198 valence electrons. The molecule has 34 heavy (non-hydrogen) atoms. The molecule has 0 bridgehead atoms. The molecule has 0 saturated carbocycles. The molecule has 8 atom stereocenters. The summed E-state index contributed by atoms with van der Waals surface area (Å²) in [6.07, 6.45) is -0.762. The summed E-state index contributed by atoms with van der Waals surface area (Å²) in [4.78, 5) is 34.7. The van der Waals surface area contributed by atoms with Crippen LogP contribution in [0.25, 0.3) is 0 Å². The summed E-state index contributed by atoms with van der Waals surface area (Å²) in [5.74, 6) is -2.31. The Labute approximate surface area is 204 Å². The van der Waals surface area contributed by atoms with Crippen molar-refractivity contribution in [1.82, 2.24) is 0 Å². The second-order valence-electron chi connectivity index (χ2n) is 9.33. The summed E-state index contributed by atoms with van der Waals surface area (Å²) < 4.78 is 35.0. The summed E-state index contributed by atoms with van der Waals surface area (Å²) in [7, 11) is 0. The molecule has 9 nitrogen and oxygen atoms in total. The van der Waals surface area contributed by atoms with Gasteiger partial charge in [0.25, 0.3) is 0 Å². The SMILES string of the molecule is CC.CC[C@H]1O[C@@](COC(C)=O)(O[C@H]2OC(COC(C)=O)[C@@H](C)[C@H](C)C2C)CC1(C)OC(C)=O. The smallest absolute Gasteiger partial charge is 0.303 e. The van der Waals surface area contributed by atoms with Gasteiger partial charge >= 0.3 is 17.9 Å². The lowest BCUT2D eigenvalue weighted by molar-refractivity contribution is -0.353. The fourth-order valence-electron chi connectivity index (χ4n) is 4.64. The topological polar surface area (TPSA) is 107 Å². The maximum atomic E-state index is 11.8. The average Bonchev–Trinajstić information content (AvgIpc) is 3.03. The zero-order valence-corrected chi connectivity index (χ0v) is 22.5. The molecule has 2 rings (SSSR count). The Morgan fingerprint density at radius 1 is 0.912 bits per heavy atom. The van der Waals surface area contributed by atoms with Crippen LogP contribution in [0.5, 0.6) is 0 Å². The van der Waals surface area contributed by atoms with E-state index in [1.165, 1.54) is 20.8 Å². The van der Waals surface area contributed by atoms with Crippen LogP contribution in [0.3, 0.4) is 0 Å². The van der Waals surface area contributed by atoms with Crippen molar-refractivity contribution in [2.75, 3.05) is 13.2 Å². The molecular weight excluding hydrogens is 444 g/mol. The van der Waals surface area contributed by atoms with Gasteiger partial charge in [0.1, 0.15) is 24.9 Å². The summed E-state index contributed by atoms with van der Waals surface area (Å²) in [6, 6.07) is 0. The van der Waals surface area contributed by atoms with Crippen molar-refractivity contribution in [1.29, 1.82) is 0 Å². The zero-order valence-electron chi connectivity index (χ0n) is 22.5. The quantitative estimate of drug-likeness (QED) is 0.370. The van der Waals surface area contributed by atoms with Gasteiger partial charge in [-0.3, -0.25) is 14.4 Å². The van der Waals surface area contributed by atoms with Crippen LogP contribution in [-0.4, -0.2) is 61.0 Å². The number of ether oxygens (including phenoxy) is 6. The fourth-order valence-corrected chi connectivity index (χ4v) is 4.64. The van der Waals surface area contributed by atoms with Crippen LogP contribution in [-0.2, 0) is 42.8 Å². The highest BCUT2D eigenvalue weighted by molar-refractivity contribution is 5.67. The Balaban J connectivity index is 0.00000281. The standard InChI is InChI=1S/C23H38O9.C2H6/c1-9-20-22(8,30-18(7)26)11-23(31-20,12-28-17(6)25)32-21-15(4)13(2)14(3)19(29-21)10-27-16(5)24;1-2/h13-15,19-21H,9-12H2,1-8H3;1-2H3/t13-,14-,15?,19?,20+,21+,22?,23+;/m0./s1. The zero-order chi connectivity index (χ0) is 26.3. The first-order valence-corrected chi connectivity index (χ1v) is 12.3. The van der Waals surface area contributed by atoms with Gasteiger partial charge in [0.2, 0.25) is 5.79 Å². The van der Waals surface area contributed by atoms with Crippen LogP contribution < -0.4 is 0 Å². The first kappa shape index (κ1) is 30.3. The molecule has 2 heterocycles. The lowest BCUT2D eigenvalue weighted by Crippen LogP contribution is -2.52. The van der Waals surface area contributed by atoms with Gasteiger partial charge in [-0.1, -0.05) is 41.5 Å². The van der Waals surface area contributed by atoms with E-state index in [2.05, 4.69) is 13.8 Å². The lowest BCUT2D eigenvalue weighted by atomic mass is 9.79. The summed E-state index contributed by atoms with van der Waals surface area (Å²) >= 11 is 0. The molecule has 0 aromatic heterocycles. The average molecular weight is 489 g/mol. The first-order chi connectivity index (χ1) is 15.8. The Hall–Kier alpha value is -1.71. The first-order valence-electron chi connectivity index (χ1n) is 12.3. The molecule has 0 aliphatic carbocycles.